The van der Waals surface area contributed by atoms with Gasteiger partial charge in [-0.05, 0) is 99.6 Å². The molecular weight excluding hydrogens is 676 g/mol. The Morgan fingerprint density at radius 3 is 1.23 bits per heavy atom. The number of fused-ring (bicyclic) bond motifs is 4. The summed E-state index contributed by atoms with van der Waals surface area (Å²) in [6.07, 6.45) is 0.672. The highest BCUT2D eigenvalue weighted by Crippen LogP contribution is 2.67. The van der Waals surface area contributed by atoms with Crippen LogP contribution in [0.25, 0.3) is 0 Å². The quantitative estimate of drug-likeness (QED) is 0.265. The highest BCUT2D eigenvalue weighted by molar-refractivity contribution is 5.71. The smallest absolute Gasteiger partial charge is 0.410 e. The van der Waals surface area contributed by atoms with Crippen molar-refractivity contribution in [3.05, 3.63) is 45.5 Å². The number of hydrogen-bond donors (Lipinski definition) is 4. The van der Waals surface area contributed by atoms with E-state index in [-0.39, 0.29) is 35.2 Å². The number of piperazine rings is 2. The number of phenolic OH excluding ortho intramolecular Hbond substituents is 4. The van der Waals surface area contributed by atoms with Crippen LogP contribution in [0.4, 0.5) is 9.59 Å². The Morgan fingerprint density at radius 1 is 0.604 bits per heavy atom. The van der Waals surface area contributed by atoms with Crippen LogP contribution in [0.1, 0.15) is 115 Å². The zero-order chi connectivity index (χ0) is 39.1. The molecule has 0 unspecified atom stereocenters. The van der Waals surface area contributed by atoms with Crippen LogP contribution in [0.2, 0.25) is 0 Å². The predicted octanol–water partition coefficient (Wildman–Crippen LogP) is 6.26. The number of benzene rings is 2. The average molecular weight is 737 g/mol. The van der Waals surface area contributed by atoms with E-state index in [9.17, 15) is 30.0 Å². The highest BCUT2D eigenvalue weighted by atomic mass is 16.6. The van der Waals surface area contributed by atoms with Crippen LogP contribution < -0.4 is 0 Å². The Kier molecular flexibility index (Phi) is 9.63. The number of ether oxygens (including phenoxy) is 2. The molecule has 4 N–H and O–H groups in total. The van der Waals surface area contributed by atoms with Crippen LogP contribution in [0.15, 0.2) is 12.1 Å². The van der Waals surface area contributed by atoms with Gasteiger partial charge in [-0.2, -0.15) is 0 Å². The topological polar surface area (TPSA) is 146 Å². The minimum atomic E-state index is -0.643. The zero-order valence-corrected chi connectivity index (χ0v) is 33.4. The van der Waals surface area contributed by atoms with E-state index in [0.29, 0.717) is 89.4 Å². The first kappa shape index (κ1) is 38.8. The molecule has 2 fully saturated rings. The second-order valence-electron chi connectivity index (χ2n) is 19.0. The summed E-state index contributed by atoms with van der Waals surface area (Å²) in [6, 6.07) is 3.42. The standard InChI is InChI=1S/C41H60N4O8/c1-37(2,3)52-35(50)44-15-11-42(12-16-44)21-25-31-27(19-29(46)33(25)48)39(7,8)23-41(31)24-40(9,10)28-20-30(47)34(49)26(32(28)41)22-43-13-17-45(18-14-43)36(51)53-38(4,5)6/h19-20,46-49H,11-18,21-24H2,1-10H3. The van der Waals surface area contributed by atoms with Gasteiger partial charge in [0.1, 0.15) is 11.2 Å². The first-order chi connectivity index (χ1) is 24.4. The molecule has 2 heterocycles. The van der Waals surface area contributed by atoms with Crippen molar-refractivity contribution in [1.82, 2.24) is 19.6 Å². The van der Waals surface area contributed by atoms with E-state index in [1.165, 1.54) is 0 Å². The Balaban J connectivity index is 1.38. The van der Waals surface area contributed by atoms with Crippen molar-refractivity contribution in [2.45, 2.75) is 123 Å². The maximum atomic E-state index is 12.8. The molecule has 2 saturated heterocycles. The lowest BCUT2D eigenvalue weighted by Gasteiger charge is -2.38. The minimum absolute atomic E-state index is 0.149. The third kappa shape index (κ3) is 7.33. The van der Waals surface area contributed by atoms with Gasteiger partial charge in [0.2, 0.25) is 0 Å². The van der Waals surface area contributed by atoms with Crippen molar-refractivity contribution in [3.8, 4) is 23.0 Å². The van der Waals surface area contributed by atoms with Crippen molar-refractivity contribution in [1.29, 1.82) is 0 Å². The van der Waals surface area contributed by atoms with Crippen LogP contribution in [0, 0.1) is 0 Å². The van der Waals surface area contributed by atoms with Crippen LogP contribution in [-0.2, 0) is 38.8 Å². The van der Waals surface area contributed by atoms with Crippen LogP contribution >= 0.6 is 0 Å². The average Bonchev–Trinajstić information content (AvgIpc) is 3.38. The van der Waals surface area contributed by atoms with Gasteiger partial charge in [0.05, 0.1) is 0 Å². The van der Waals surface area contributed by atoms with Gasteiger partial charge in [0, 0.05) is 82.0 Å². The van der Waals surface area contributed by atoms with E-state index in [2.05, 4.69) is 37.5 Å². The van der Waals surface area contributed by atoms with Gasteiger partial charge in [-0.3, -0.25) is 9.80 Å². The van der Waals surface area contributed by atoms with Gasteiger partial charge in [-0.15, -0.1) is 0 Å². The fourth-order valence-electron chi connectivity index (χ4n) is 9.41. The Labute approximate surface area is 314 Å². The summed E-state index contributed by atoms with van der Waals surface area (Å²) in [4.78, 5) is 33.5. The van der Waals surface area contributed by atoms with Crippen molar-refractivity contribution in [3.63, 3.8) is 0 Å². The second-order valence-corrected chi connectivity index (χ2v) is 19.0. The molecule has 12 heteroatoms. The lowest BCUT2D eigenvalue weighted by atomic mass is 9.70. The van der Waals surface area contributed by atoms with Gasteiger partial charge < -0.3 is 39.7 Å². The molecule has 1 spiro atoms. The Hall–Kier alpha value is -3.90. The van der Waals surface area contributed by atoms with Gasteiger partial charge in [-0.1, -0.05) is 27.7 Å². The zero-order valence-electron chi connectivity index (χ0n) is 33.4. The van der Waals surface area contributed by atoms with Crippen LogP contribution in [-0.4, -0.2) is 116 Å². The summed E-state index contributed by atoms with van der Waals surface area (Å²) in [6.45, 7) is 24.7. The van der Waals surface area contributed by atoms with Crippen LogP contribution in [0.5, 0.6) is 23.0 Å². The summed E-state index contributed by atoms with van der Waals surface area (Å²) < 4.78 is 11.2. The lowest BCUT2D eigenvalue weighted by molar-refractivity contribution is 0.0129. The number of phenols is 4. The maximum absolute atomic E-state index is 12.8. The van der Waals surface area contributed by atoms with Crippen molar-refractivity contribution >= 4 is 12.2 Å². The Morgan fingerprint density at radius 2 is 0.925 bits per heavy atom. The van der Waals surface area contributed by atoms with Crippen molar-refractivity contribution < 1.29 is 39.5 Å². The summed E-state index contributed by atoms with van der Waals surface area (Å²) in [5, 5.41) is 45.8. The molecule has 0 bridgehead atoms. The SMILES string of the molecule is CC(C)(C)OC(=O)N1CCN(Cc2c(O)c(O)cc3c2C2(CC3(C)C)CC(C)(C)c3cc(O)c(O)c(CN4CCN(C(=O)OC(C)(C)C)CC4)c32)CC1. The van der Waals surface area contributed by atoms with E-state index in [1.807, 2.05) is 41.5 Å². The highest BCUT2D eigenvalue weighted by Gasteiger charge is 2.59. The molecule has 12 nitrogen and oxygen atoms in total. The molecule has 2 aliphatic heterocycles. The fourth-order valence-corrected chi connectivity index (χ4v) is 9.41. The molecule has 2 aromatic carbocycles. The summed E-state index contributed by atoms with van der Waals surface area (Å²) >= 11 is 0. The first-order valence-electron chi connectivity index (χ1n) is 19.0. The number of carbonyl (C=O) groups is 2. The van der Waals surface area contributed by atoms with E-state index < -0.39 is 27.4 Å². The van der Waals surface area contributed by atoms with Gasteiger partial charge in [-0.25, -0.2) is 9.59 Å². The first-order valence-corrected chi connectivity index (χ1v) is 19.0. The molecule has 53 heavy (non-hydrogen) atoms. The molecule has 2 aromatic rings. The summed E-state index contributed by atoms with van der Waals surface area (Å²) in [7, 11) is 0. The lowest BCUT2D eigenvalue weighted by Crippen LogP contribution is -2.49. The van der Waals surface area contributed by atoms with E-state index >= 15 is 0 Å². The fraction of sp³-hybridized carbons (Fsp3) is 0.659. The second kappa shape index (κ2) is 13.1. The number of amides is 2. The maximum Gasteiger partial charge on any atom is 0.410 e. The molecule has 0 atom stereocenters. The molecule has 0 saturated carbocycles. The molecule has 6 rings (SSSR count). The number of aromatic hydroxyl groups is 4. The van der Waals surface area contributed by atoms with Gasteiger partial charge in [0.25, 0.3) is 0 Å². The molecular formula is C41H60N4O8. The molecule has 2 amide bonds. The number of nitrogens with zero attached hydrogens (tertiary/aromatic N) is 4. The molecule has 0 radical (unpaired) electrons. The van der Waals surface area contributed by atoms with E-state index in [1.54, 1.807) is 21.9 Å². The molecule has 0 aromatic heterocycles. The number of carbonyl (C=O) groups excluding carboxylic acids is 2. The van der Waals surface area contributed by atoms with E-state index in [0.717, 1.165) is 22.3 Å². The van der Waals surface area contributed by atoms with Gasteiger partial charge in [0.15, 0.2) is 23.0 Å². The normalized spacial score (nSPS) is 21.1. The monoisotopic (exact) mass is 736 g/mol. The minimum Gasteiger partial charge on any atom is -0.504 e. The van der Waals surface area contributed by atoms with E-state index in [4.69, 9.17) is 9.47 Å². The largest absolute Gasteiger partial charge is 0.504 e. The third-order valence-electron chi connectivity index (χ3n) is 11.5. The molecule has 4 aliphatic rings. The number of hydrogen-bond acceptors (Lipinski definition) is 10. The summed E-state index contributed by atoms with van der Waals surface area (Å²) in [5.74, 6) is -0.621. The molecule has 292 valence electrons. The summed E-state index contributed by atoms with van der Waals surface area (Å²) in [5.41, 5.74) is 2.56. The van der Waals surface area contributed by atoms with Crippen LogP contribution in [0.3, 0.4) is 0 Å². The van der Waals surface area contributed by atoms with Crippen molar-refractivity contribution in [2.75, 3.05) is 52.4 Å². The number of rotatable bonds is 4. The predicted molar refractivity (Wildman–Crippen MR) is 202 cm³/mol. The van der Waals surface area contributed by atoms with Crippen molar-refractivity contribution in [2.24, 2.45) is 0 Å². The Bertz CT molecular complexity index is 1640. The molecule has 2 aliphatic carbocycles. The van der Waals surface area contributed by atoms with Gasteiger partial charge >= 0.3 is 12.2 Å². The third-order valence-corrected chi connectivity index (χ3v) is 11.5.